The molecule has 0 radical (unpaired) electrons. The Morgan fingerprint density at radius 3 is 1.17 bits per heavy atom. The van der Waals surface area contributed by atoms with E-state index >= 15 is 0 Å². The summed E-state index contributed by atoms with van der Waals surface area (Å²) in [6, 6.07) is 53.3. The standard InChI is InChI=1S/C40H30.C2H6/c1-27-12-16-32(17-13-27)39-35-10-6-7-11-36(35)40(33-18-14-28(2)15-19-33)38-26-34(24-25-37(38)39)31-22-20-30(21-23-31)29-8-4-3-5-9-29;1-2/h3-26H,1-2H3;1-2H3. The highest BCUT2D eigenvalue weighted by Gasteiger charge is 2.17. The van der Waals surface area contributed by atoms with Gasteiger partial charge >= 0.3 is 0 Å². The Hall–Kier alpha value is -4.94. The van der Waals surface area contributed by atoms with Crippen molar-refractivity contribution >= 4 is 21.5 Å². The molecule has 7 aromatic rings. The molecule has 0 aliphatic carbocycles. The Balaban J connectivity index is 0.00000155. The van der Waals surface area contributed by atoms with Crippen LogP contribution in [0, 0.1) is 13.8 Å². The Bertz CT molecular complexity index is 1960. The molecular weight excluding hydrogens is 504 g/mol. The van der Waals surface area contributed by atoms with Crippen molar-refractivity contribution in [3.8, 4) is 44.5 Å². The average Bonchev–Trinajstić information content (AvgIpc) is 3.06. The van der Waals surface area contributed by atoms with Gasteiger partial charge in [-0.25, -0.2) is 0 Å². The van der Waals surface area contributed by atoms with Crippen molar-refractivity contribution < 1.29 is 0 Å². The molecule has 0 atom stereocenters. The fourth-order valence-electron chi connectivity index (χ4n) is 5.91. The molecule has 0 fully saturated rings. The lowest BCUT2D eigenvalue weighted by Gasteiger charge is -2.19. The minimum atomic E-state index is 1.22. The van der Waals surface area contributed by atoms with Crippen LogP contribution >= 0.6 is 0 Å². The molecule has 0 amide bonds. The minimum absolute atomic E-state index is 1.22. The maximum atomic E-state index is 2.40. The fraction of sp³-hybridized carbons (Fsp3) is 0.0952. The molecular formula is C42H36. The summed E-state index contributed by atoms with van der Waals surface area (Å²) >= 11 is 0. The van der Waals surface area contributed by atoms with Crippen molar-refractivity contribution in [2.45, 2.75) is 27.7 Å². The number of fused-ring (bicyclic) bond motifs is 2. The van der Waals surface area contributed by atoms with Crippen molar-refractivity contribution in [2.75, 3.05) is 0 Å². The highest BCUT2D eigenvalue weighted by atomic mass is 14.2. The van der Waals surface area contributed by atoms with E-state index in [0.717, 1.165) is 0 Å². The van der Waals surface area contributed by atoms with Gasteiger partial charge in [0.05, 0.1) is 0 Å². The summed E-state index contributed by atoms with van der Waals surface area (Å²) in [5.41, 5.74) is 12.6. The van der Waals surface area contributed by atoms with Gasteiger partial charge in [-0.15, -0.1) is 0 Å². The van der Waals surface area contributed by atoms with Gasteiger partial charge in [0.25, 0.3) is 0 Å². The highest BCUT2D eigenvalue weighted by molar-refractivity contribution is 6.21. The van der Waals surface area contributed by atoms with Crippen molar-refractivity contribution in [1.82, 2.24) is 0 Å². The third-order valence-corrected chi connectivity index (χ3v) is 8.03. The lowest BCUT2D eigenvalue weighted by atomic mass is 9.84. The topological polar surface area (TPSA) is 0 Å². The molecule has 0 N–H and O–H groups in total. The van der Waals surface area contributed by atoms with Gasteiger partial charge in [-0.2, -0.15) is 0 Å². The van der Waals surface area contributed by atoms with Crippen molar-refractivity contribution in [1.29, 1.82) is 0 Å². The second-order valence-electron chi connectivity index (χ2n) is 10.7. The van der Waals surface area contributed by atoms with Crippen LogP contribution < -0.4 is 0 Å². The van der Waals surface area contributed by atoms with Gasteiger partial charge in [-0.1, -0.05) is 165 Å². The van der Waals surface area contributed by atoms with Crippen LogP contribution in [0.2, 0.25) is 0 Å². The predicted octanol–water partition coefficient (Wildman–Crippen LogP) is 12.3. The van der Waals surface area contributed by atoms with Gasteiger partial charge < -0.3 is 0 Å². The van der Waals surface area contributed by atoms with Crippen LogP contribution in [0.5, 0.6) is 0 Å². The van der Waals surface area contributed by atoms with Crippen LogP contribution in [0.1, 0.15) is 25.0 Å². The molecule has 7 rings (SSSR count). The highest BCUT2D eigenvalue weighted by Crippen LogP contribution is 2.45. The van der Waals surface area contributed by atoms with E-state index in [2.05, 4.69) is 159 Å². The normalized spacial score (nSPS) is 10.9. The molecule has 0 bridgehead atoms. The smallest absolute Gasteiger partial charge is 0.00262 e. The lowest BCUT2D eigenvalue weighted by Crippen LogP contribution is -1.92. The molecule has 0 spiro atoms. The number of benzene rings is 7. The summed E-state index contributed by atoms with van der Waals surface area (Å²) in [5.74, 6) is 0. The monoisotopic (exact) mass is 540 g/mol. The van der Waals surface area contributed by atoms with Crippen LogP contribution in [-0.4, -0.2) is 0 Å². The van der Waals surface area contributed by atoms with E-state index < -0.39 is 0 Å². The third-order valence-electron chi connectivity index (χ3n) is 8.03. The first-order chi connectivity index (χ1) is 20.7. The fourth-order valence-corrected chi connectivity index (χ4v) is 5.91. The van der Waals surface area contributed by atoms with Gasteiger partial charge in [0.15, 0.2) is 0 Å². The first-order valence-electron chi connectivity index (χ1n) is 14.9. The molecule has 0 aromatic heterocycles. The molecule has 7 aromatic carbocycles. The SMILES string of the molecule is CC.Cc1ccc(-c2c3ccccc3c(-c3ccc(C)cc3)c3cc(-c4ccc(-c5ccccc5)cc4)ccc23)cc1. The number of hydrogen-bond donors (Lipinski definition) is 0. The summed E-state index contributed by atoms with van der Waals surface area (Å²) in [6.07, 6.45) is 0. The Kier molecular flexibility index (Phi) is 7.71. The zero-order chi connectivity index (χ0) is 29.1. The quantitative estimate of drug-likeness (QED) is 0.195. The molecule has 204 valence electrons. The van der Waals surface area contributed by atoms with Crippen molar-refractivity contribution in [3.63, 3.8) is 0 Å². The van der Waals surface area contributed by atoms with E-state index in [1.807, 2.05) is 13.8 Å². The predicted molar refractivity (Wildman–Crippen MR) is 184 cm³/mol. The summed E-state index contributed by atoms with van der Waals surface area (Å²) in [4.78, 5) is 0. The Morgan fingerprint density at radius 2 is 0.643 bits per heavy atom. The van der Waals surface area contributed by atoms with E-state index in [4.69, 9.17) is 0 Å². The van der Waals surface area contributed by atoms with E-state index in [1.54, 1.807) is 0 Å². The molecule has 0 heteroatoms. The molecule has 0 saturated heterocycles. The van der Waals surface area contributed by atoms with Crippen molar-refractivity contribution in [2.24, 2.45) is 0 Å². The lowest BCUT2D eigenvalue weighted by molar-refractivity contribution is 1.47. The van der Waals surface area contributed by atoms with Gasteiger partial charge in [-0.05, 0) is 86.0 Å². The van der Waals surface area contributed by atoms with Crippen molar-refractivity contribution in [3.05, 3.63) is 157 Å². The first-order valence-corrected chi connectivity index (χ1v) is 14.9. The molecule has 0 heterocycles. The van der Waals surface area contributed by atoms with Gasteiger partial charge in [0, 0.05) is 0 Å². The second-order valence-corrected chi connectivity index (χ2v) is 10.7. The molecule has 0 unspecified atom stereocenters. The number of hydrogen-bond acceptors (Lipinski definition) is 0. The van der Waals surface area contributed by atoms with E-state index in [9.17, 15) is 0 Å². The van der Waals surface area contributed by atoms with Crippen LogP contribution in [0.4, 0.5) is 0 Å². The maximum Gasteiger partial charge on any atom is -0.00262 e. The summed E-state index contributed by atoms with van der Waals surface area (Å²) in [7, 11) is 0. The number of aryl methyl sites for hydroxylation is 2. The summed E-state index contributed by atoms with van der Waals surface area (Å²) < 4.78 is 0. The van der Waals surface area contributed by atoms with Crippen LogP contribution in [0.3, 0.4) is 0 Å². The van der Waals surface area contributed by atoms with Crippen LogP contribution in [0.15, 0.2) is 146 Å². The number of rotatable bonds is 4. The van der Waals surface area contributed by atoms with E-state index in [1.165, 1.54) is 77.2 Å². The van der Waals surface area contributed by atoms with Crippen LogP contribution in [0.25, 0.3) is 66.1 Å². The van der Waals surface area contributed by atoms with Gasteiger partial charge in [-0.3, -0.25) is 0 Å². The zero-order valence-corrected chi connectivity index (χ0v) is 24.9. The molecule has 0 nitrogen and oxygen atoms in total. The maximum absolute atomic E-state index is 2.40. The molecule has 0 aliphatic heterocycles. The zero-order valence-electron chi connectivity index (χ0n) is 24.9. The molecule has 0 saturated carbocycles. The minimum Gasteiger partial charge on any atom is -0.0683 e. The second kappa shape index (κ2) is 11.9. The van der Waals surface area contributed by atoms with Gasteiger partial charge in [0.1, 0.15) is 0 Å². The third kappa shape index (κ3) is 5.13. The molecule has 0 aliphatic rings. The molecule has 42 heavy (non-hydrogen) atoms. The average molecular weight is 541 g/mol. The van der Waals surface area contributed by atoms with Crippen LogP contribution in [-0.2, 0) is 0 Å². The summed E-state index contributed by atoms with van der Waals surface area (Å²) in [5, 5.41) is 5.13. The van der Waals surface area contributed by atoms with E-state index in [-0.39, 0.29) is 0 Å². The Morgan fingerprint density at radius 1 is 0.286 bits per heavy atom. The largest absolute Gasteiger partial charge is 0.0683 e. The Labute approximate surface area is 249 Å². The summed E-state index contributed by atoms with van der Waals surface area (Å²) in [6.45, 7) is 8.30. The van der Waals surface area contributed by atoms with Gasteiger partial charge in [0.2, 0.25) is 0 Å². The first kappa shape index (κ1) is 27.2. The van der Waals surface area contributed by atoms with E-state index in [0.29, 0.717) is 0 Å².